The van der Waals surface area contributed by atoms with Gasteiger partial charge in [0.05, 0.1) is 11.2 Å². The molecular formula is C18H16N2O3. The maximum atomic E-state index is 12.6. The minimum Gasteiger partial charge on any atom is -0.504 e. The van der Waals surface area contributed by atoms with Crippen molar-refractivity contribution in [2.24, 2.45) is 7.05 Å². The zero-order valence-electron chi connectivity index (χ0n) is 12.8. The molecule has 2 aromatic carbocycles. The van der Waals surface area contributed by atoms with Gasteiger partial charge in [-0.2, -0.15) is 0 Å². The molecular weight excluding hydrogens is 292 g/mol. The summed E-state index contributed by atoms with van der Waals surface area (Å²) in [6.07, 6.45) is 0.834. The molecule has 0 bridgehead atoms. The smallest absolute Gasteiger partial charge is 0.258 e. The van der Waals surface area contributed by atoms with Crippen molar-refractivity contribution in [2.45, 2.75) is 13.2 Å². The first kappa shape index (κ1) is 13.8. The third kappa shape index (κ3) is 1.80. The lowest BCUT2D eigenvalue weighted by atomic mass is 9.95. The van der Waals surface area contributed by atoms with Gasteiger partial charge in [0, 0.05) is 23.4 Å². The lowest BCUT2D eigenvalue weighted by Crippen LogP contribution is -2.22. The van der Waals surface area contributed by atoms with Gasteiger partial charge < -0.3 is 20.1 Å². The average molecular weight is 308 g/mol. The minimum absolute atomic E-state index is 0.0191. The minimum atomic E-state index is -0.858. The number of anilines is 1. The topological polar surface area (TPSA) is 74.5 Å². The Kier molecular flexibility index (Phi) is 2.77. The van der Waals surface area contributed by atoms with Gasteiger partial charge >= 0.3 is 0 Å². The highest BCUT2D eigenvalue weighted by Gasteiger charge is 2.23. The zero-order valence-corrected chi connectivity index (χ0v) is 12.8. The number of aliphatic hydroxyl groups is 1. The van der Waals surface area contributed by atoms with Crippen molar-refractivity contribution >= 4 is 32.9 Å². The molecule has 116 valence electrons. The number of benzene rings is 2. The van der Waals surface area contributed by atoms with E-state index >= 15 is 0 Å². The van der Waals surface area contributed by atoms with Crippen LogP contribution in [0.3, 0.4) is 0 Å². The molecule has 1 aliphatic rings. The molecule has 1 unspecified atom stereocenters. The van der Waals surface area contributed by atoms with Crippen molar-refractivity contribution in [3.05, 3.63) is 52.3 Å². The largest absolute Gasteiger partial charge is 0.504 e. The van der Waals surface area contributed by atoms with E-state index in [9.17, 15) is 15.0 Å². The zero-order chi connectivity index (χ0) is 16.3. The summed E-state index contributed by atoms with van der Waals surface area (Å²) in [6.45, 7) is 1.89. The highest BCUT2D eigenvalue weighted by molar-refractivity contribution is 6.11. The molecule has 5 nitrogen and oxygen atoms in total. The molecule has 2 heterocycles. The maximum absolute atomic E-state index is 12.6. The van der Waals surface area contributed by atoms with Gasteiger partial charge in [0.25, 0.3) is 5.56 Å². The number of allylic oxidation sites excluding steroid dienone is 1. The molecule has 3 N–H and O–H groups in total. The summed E-state index contributed by atoms with van der Waals surface area (Å²) in [5.41, 5.74) is 2.45. The van der Waals surface area contributed by atoms with Crippen LogP contribution < -0.4 is 10.9 Å². The second kappa shape index (κ2) is 4.60. The standard InChI is InChI=1S/C18H16N2O3/c1-9-7-14(21)19-15-12(9)8-13-10-5-3-4-6-11(10)18(23)20(2)16(13)17(15)22/h3-8,14,19,21-22H,1-2H3. The Labute approximate surface area is 132 Å². The van der Waals surface area contributed by atoms with E-state index in [1.807, 2.05) is 31.2 Å². The van der Waals surface area contributed by atoms with E-state index < -0.39 is 6.23 Å². The molecule has 0 spiro atoms. The van der Waals surface area contributed by atoms with Crippen LogP contribution in [0.1, 0.15) is 12.5 Å². The lowest BCUT2D eigenvalue weighted by molar-refractivity contribution is 0.251. The Balaban J connectivity index is 2.27. The molecule has 0 amide bonds. The maximum Gasteiger partial charge on any atom is 0.258 e. The number of phenols is 1. The van der Waals surface area contributed by atoms with Crippen LogP contribution in [0.5, 0.6) is 5.75 Å². The van der Waals surface area contributed by atoms with Gasteiger partial charge in [-0.15, -0.1) is 0 Å². The van der Waals surface area contributed by atoms with E-state index in [-0.39, 0.29) is 11.3 Å². The number of pyridine rings is 1. The fourth-order valence-corrected chi connectivity index (χ4v) is 3.36. The van der Waals surface area contributed by atoms with Crippen LogP contribution in [0.4, 0.5) is 5.69 Å². The predicted molar refractivity (Wildman–Crippen MR) is 91.6 cm³/mol. The van der Waals surface area contributed by atoms with E-state index in [0.717, 1.165) is 21.9 Å². The van der Waals surface area contributed by atoms with E-state index in [0.29, 0.717) is 16.6 Å². The number of phenolic OH excluding ortho intramolecular Hbond substituents is 1. The first-order valence-corrected chi connectivity index (χ1v) is 7.40. The molecule has 1 atom stereocenters. The van der Waals surface area contributed by atoms with Crippen LogP contribution in [-0.2, 0) is 7.05 Å². The molecule has 1 aliphatic heterocycles. The van der Waals surface area contributed by atoms with Crippen molar-refractivity contribution in [3.63, 3.8) is 0 Å². The number of rotatable bonds is 0. The first-order chi connectivity index (χ1) is 11.0. The second-order valence-electron chi connectivity index (χ2n) is 5.89. The molecule has 4 rings (SSSR count). The van der Waals surface area contributed by atoms with Gasteiger partial charge in [-0.05, 0) is 36.1 Å². The molecule has 1 aromatic heterocycles. The third-order valence-corrected chi connectivity index (χ3v) is 4.49. The van der Waals surface area contributed by atoms with E-state index in [2.05, 4.69) is 5.32 Å². The van der Waals surface area contributed by atoms with Gasteiger partial charge in [-0.1, -0.05) is 18.2 Å². The first-order valence-electron chi connectivity index (χ1n) is 7.40. The molecule has 0 radical (unpaired) electrons. The van der Waals surface area contributed by atoms with Crippen molar-refractivity contribution < 1.29 is 10.2 Å². The SMILES string of the molecule is CC1=CC(O)Nc2c1cc1c3ccccc3c(=O)n(C)c1c2O. The number of aromatic hydroxyl groups is 1. The fraction of sp³-hybridized carbons (Fsp3) is 0.167. The third-order valence-electron chi connectivity index (χ3n) is 4.49. The molecule has 0 aliphatic carbocycles. The number of hydrogen-bond acceptors (Lipinski definition) is 4. The van der Waals surface area contributed by atoms with E-state index in [1.54, 1.807) is 19.2 Å². The number of aliphatic hydroxyl groups excluding tert-OH is 1. The summed E-state index contributed by atoms with van der Waals surface area (Å²) in [4.78, 5) is 12.6. The van der Waals surface area contributed by atoms with Crippen LogP contribution in [0.2, 0.25) is 0 Å². The van der Waals surface area contributed by atoms with Gasteiger partial charge in [0.1, 0.15) is 6.23 Å². The highest BCUT2D eigenvalue weighted by atomic mass is 16.3. The molecule has 0 saturated carbocycles. The van der Waals surface area contributed by atoms with Crippen molar-refractivity contribution in [3.8, 4) is 5.75 Å². The van der Waals surface area contributed by atoms with Gasteiger partial charge in [-0.25, -0.2) is 0 Å². The number of nitrogens with one attached hydrogen (secondary N) is 1. The summed E-state index contributed by atoms with van der Waals surface area (Å²) < 4.78 is 1.45. The Morgan fingerprint density at radius 3 is 2.61 bits per heavy atom. The normalized spacial score (nSPS) is 17.0. The van der Waals surface area contributed by atoms with Crippen LogP contribution in [0.15, 0.2) is 41.2 Å². The summed E-state index contributed by atoms with van der Waals surface area (Å²) in [5.74, 6) is -0.0191. The van der Waals surface area contributed by atoms with Crippen LogP contribution in [0.25, 0.3) is 27.2 Å². The Morgan fingerprint density at radius 1 is 1.17 bits per heavy atom. The molecule has 0 fully saturated rings. The number of aryl methyl sites for hydroxylation is 1. The Hall–Kier alpha value is -2.79. The summed E-state index contributed by atoms with van der Waals surface area (Å²) in [5, 5.41) is 25.7. The van der Waals surface area contributed by atoms with Crippen LogP contribution in [-0.4, -0.2) is 21.0 Å². The Morgan fingerprint density at radius 2 is 1.87 bits per heavy atom. The lowest BCUT2D eigenvalue weighted by Gasteiger charge is -2.24. The van der Waals surface area contributed by atoms with Gasteiger partial charge in [0.15, 0.2) is 5.75 Å². The summed E-state index contributed by atoms with van der Waals surface area (Å²) >= 11 is 0. The molecule has 5 heteroatoms. The highest BCUT2D eigenvalue weighted by Crippen LogP contribution is 2.42. The van der Waals surface area contributed by atoms with Gasteiger partial charge in [-0.3, -0.25) is 4.79 Å². The Bertz CT molecular complexity index is 1060. The molecule has 3 aromatic rings. The molecule has 0 saturated heterocycles. The fourth-order valence-electron chi connectivity index (χ4n) is 3.36. The van der Waals surface area contributed by atoms with Gasteiger partial charge in [0.2, 0.25) is 0 Å². The summed E-state index contributed by atoms with van der Waals surface area (Å²) in [6, 6.07) is 9.34. The van der Waals surface area contributed by atoms with Crippen molar-refractivity contribution in [2.75, 3.05) is 5.32 Å². The monoisotopic (exact) mass is 308 g/mol. The number of fused-ring (bicyclic) bond motifs is 4. The van der Waals surface area contributed by atoms with Crippen LogP contribution in [0, 0.1) is 0 Å². The van der Waals surface area contributed by atoms with E-state index in [1.165, 1.54) is 4.57 Å². The number of hydrogen-bond donors (Lipinski definition) is 3. The van der Waals surface area contributed by atoms with Crippen molar-refractivity contribution in [1.29, 1.82) is 0 Å². The molecule has 23 heavy (non-hydrogen) atoms. The second-order valence-corrected chi connectivity index (χ2v) is 5.89. The number of nitrogens with zero attached hydrogens (tertiary/aromatic N) is 1. The number of aromatic nitrogens is 1. The predicted octanol–water partition coefficient (Wildman–Crippen LogP) is 2.54. The summed E-state index contributed by atoms with van der Waals surface area (Å²) in [7, 11) is 1.64. The van der Waals surface area contributed by atoms with Crippen LogP contribution >= 0.6 is 0 Å². The van der Waals surface area contributed by atoms with E-state index in [4.69, 9.17) is 0 Å². The quantitative estimate of drug-likeness (QED) is 0.441. The van der Waals surface area contributed by atoms with Crippen molar-refractivity contribution in [1.82, 2.24) is 4.57 Å². The average Bonchev–Trinajstić information content (AvgIpc) is 2.53.